The van der Waals surface area contributed by atoms with E-state index in [0.29, 0.717) is 5.56 Å². The minimum Gasteiger partial charge on any atom is -0.508 e. The summed E-state index contributed by atoms with van der Waals surface area (Å²) in [6, 6.07) is 7.94. The third kappa shape index (κ3) is 4.71. The number of ether oxygens (including phenoxy) is 3. The van der Waals surface area contributed by atoms with E-state index in [0.717, 1.165) is 12.1 Å². The lowest BCUT2D eigenvalue weighted by atomic mass is 9.90. The number of fused-ring (bicyclic) bond motifs is 1. The number of Topliss-reactive ketones (excluding diaryl/α,β-unsaturated/α-hetero) is 1. The Morgan fingerprint density at radius 1 is 0.850 bits per heavy atom. The number of aliphatic hydroxyl groups excluding tert-OH is 4. The number of ketones is 1. The summed E-state index contributed by atoms with van der Waals surface area (Å²) >= 11 is 0. The van der Waals surface area contributed by atoms with Crippen molar-refractivity contribution in [2.24, 2.45) is 0 Å². The standard InChI is InChI=1S/C27H28O13/c1-9-20(32)23(35)26(40-27-24(36)22(34)19(31)10(2)38-27)25(37-9)18-14(30)8-16-17(21(18)33)13(29)7-15(39-16)11-3-5-12(28)6-4-11/h3-10,19,22-28,30-31,33-36H,1-2H3/t9-,10-,19-,22+,23-,24+,25-,26+,27-/m0/s1. The number of rotatable bonds is 4. The maximum atomic E-state index is 13.1. The molecule has 9 atom stereocenters. The van der Waals surface area contributed by atoms with Gasteiger partial charge in [-0.2, -0.15) is 0 Å². The number of hydrogen-bond donors (Lipinski definition) is 7. The SMILES string of the molecule is C[C@@H]1O[C@@H](c2c(O)cc3oc(-c4ccc(O)cc4)cc(=O)c3c2O)[C@H](O[C@@H]2O[C@@H](C)[C@H](O)[C@@H](O)[C@H]2O)[C@@H](O)C1=O. The van der Waals surface area contributed by atoms with Gasteiger partial charge in [-0.25, -0.2) is 0 Å². The smallest absolute Gasteiger partial charge is 0.197 e. The summed E-state index contributed by atoms with van der Waals surface area (Å²) in [5.41, 5.74) is -0.853. The molecule has 0 radical (unpaired) electrons. The van der Waals surface area contributed by atoms with Gasteiger partial charge in [-0.05, 0) is 38.1 Å². The minimum absolute atomic E-state index is 0.00254. The molecule has 0 spiro atoms. The van der Waals surface area contributed by atoms with E-state index >= 15 is 0 Å². The van der Waals surface area contributed by atoms with Crippen LogP contribution in [0.1, 0.15) is 25.5 Å². The van der Waals surface area contributed by atoms with Crippen LogP contribution >= 0.6 is 0 Å². The quantitative estimate of drug-likeness (QED) is 0.227. The number of phenols is 3. The van der Waals surface area contributed by atoms with Crippen LogP contribution in [0, 0.1) is 0 Å². The highest BCUT2D eigenvalue weighted by molar-refractivity contribution is 5.90. The van der Waals surface area contributed by atoms with E-state index in [1.165, 1.54) is 38.1 Å². The molecule has 0 unspecified atom stereocenters. The van der Waals surface area contributed by atoms with Gasteiger partial charge in [0.25, 0.3) is 0 Å². The van der Waals surface area contributed by atoms with Gasteiger partial charge in [0.05, 0.1) is 11.7 Å². The van der Waals surface area contributed by atoms with Crippen molar-refractivity contribution in [3.8, 4) is 28.6 Å². The number of phenolic OH excluding ortho intramolecular Hbond substituents is 3. The summed E-state index contributed by atoms with van der Waals surface area (Å²) < 4.78 is 22.6. The molecule has 0 bridgehead atoms. The topological polar surface area (TPSA) is 217 Å². The Bertz CT molecular complexity index is 1480. The number of hydrogen-bond acceptors (Lipinski definition) is 13. The second kappa shape index (κ2) is 10.4. The summed E-state index contributed by atoms with van der Waals surface area (Å²) in [7, 11) is 0. The third-order valence-electron chi connectivity index (χ3n) is 7.20. The van der Waals surface area contributed by atoms with E-state index in [9.17, 15) is 45.3 Å². The van der Waals surface area contributed by atoms with Crippen molar-refractivity contribution in [2.45, 2.75) is 69.0 Å². The fraction of sp³-hybridized carbons (Fsp3) is 0.407. The Balaban J connectivity index is 1.58. The summed E-state index contributed by atoms with van der Waals surface area (Å²) in [4.78, 5) is 25.7. The van der Waals surface area contributed by atoms with E-state index in [1.807, 2.05) is 0 Å². The average molecular weight is 561 g/mol. The molecule has 13 nitrogen and oxygen atoms in total. The van der Waals surface area contributed by atoms with Crippen molar-refractivity contribution in [3.05, 3.63) is 52.2 Å². The molecule has 3 aromatic rings. The van der Waals surface area contributed by atoms with Gasteiger partial charge >= 0.3 is 0 Å². The molecule has 2 fully saturated rings. The van der Waals surface area contributed by atoms with Crippen molar-refractivity contribution in [2.75, 3.05) is 0 Å². The molecule has 214 valence electrons. The van der Waals surface area contributed by atoms with Crippen LogP contribution in [0.5, 0.6) is 17.2 Å². The van der Waals surface area contributed by atoms with Gasteiger partial charge in [0.2, 0.25) is 0 Å². The zero-order valence-corrected chi connectivity index (χ0v) is 21.2. The highest BCUT2D eigenvalue weighted by Crippen LogP contribution is 2.45. The molecule has 7 N–H and O–H groups in total. The number of aromatic hydroxyl groups is 3. The summed E-state index contributed by atoms with van der Waals surface area (Å²) in [6.07, 6.45) is -14.0. The molecule has 0 saturated carbocycles. The number of benzene rings is 2. The summed E-state index contributed by atoms with van der Waals surface area (Å²) in [6.45, 7) is 2.73. The Kier molecular flexibility index (Phi) is 7.31. The van der Waals surface area contributed by atoms with Crippen LogP contribution in [-0.4, -0.2) is 90.5 Å². The fourth-order valence-corrected chi connectivity index (χ4v) is 4.94. The molecule has 0 amide bonds. The number of aliphatic hydroxyl groups is 4. The van der Waals surface area contributed by atoms with Gasteiger partial charge in [-0.15, -0.1) is 0 Å². The Morgan fingerprint density at radius 2 is 1.52 bits per heavy atom. The zero-order valence-electron chi connectivity index (χ0n) is 21.2. The molecule has 2 aliphatic heterocycles. The van der Waals surface area contributed by atoms with Gasteiger partial charge in [0, 0.05) is 17.7 Å². The van der Waals surface area contributed by atoms with Gasteiger partial charge < -0.3 is 54.4 Å². The Hall–Kier alpha value is -3.56. The Labute approximate surface area is 226 Å². The van der Waals surface area contributed by atoms with Crippen molar-refractivity contribution >= 4 is 16.8 Å². The van der Waals surface area contributed by atoms with Crippen LogP contribution in [-0.2, 0) is 19.0 Å². The maximum Gasteiger partial charge on any atom is 0.197 e. The first-order valence-electron chi connectivity index (χ1n) is 12.4. The second-order valence-electron chi connectivity index (χ2n) is 9.88. The number of carbonyl (C=O) groups is 1. The highest BCUT2D eigenvalue weighted by atomic mass is 16.7. The van der Waals surface area contributed by atoms with Crippen molar-refractivity contribution < 1.29 is 59.2 Å². The molecule has 2 aromatic carbocycles. The van der Waals surface area contributed by atoms with Crippen molar-refractivity contribution in [1.82, 2.24) is 0 Å². The van der Waals surface area contributed by atoms with Gasteiger partial charge in [0.15, 0.2) is 17.5 Å². The average Bonchev–Trinajstić information content (AvgIpc) is 2.91. The zero-order chi connectivity index (χ0) is 29.0. The van der Waals surface area contributed by atoms with Gasteiger partial charge in [-0.3, -0.25) is 9.59 Å². The van der Waals surface area contributed by atoms with Crippen LogP contribution in [0.25, 0.3) is 22.3 Å². The lowest BCUT2D eigenvalue weighted by molar-refractivity contribution is -0.323. The van der Waals surface area contributed by atoms with Gasteiger partial charge in [-0.1, -0.05) is 0 Å². The van der Waals surface area contributed by atoms with E-state index in [4.69, 9.17) is 18.6 Å². The van der Waals surface area contributed by atoms with Crippen LogP contribution in [0.15, 0.2) is 45.6 Å². The van der Waals surface area contributed by atoms with E-state index in [-0.39, 0.29) is 22.5 Å². The summed E-state index contributed by atoms with van der Waals surface area (Å²) in [5, 5.41) is 72.7. The van der Waals surface area contributed by atoms with Gasteiger partial charge in [0.1, 0.15) is 76.7 Å². The monoisotopic (exact) mass is 560 g/mol. The van der Waals surface area contributed by atoms with Crippen LogP contribution in [0.3, 0.4) is 0 Å². The second-order valence-corrected chi connectivity index (χ2v) is 9.88. The molecule has 5 rings (SSSR count). The van der Waals surface area contributed by atoms with E-state index in [2.05, 4.69) is 0 Å². The molecule has 2 saturated heterocycles. The highest BCUT2D eigenvalue weighted by Gasteiger charge is 2.50. The van der Waals surface area contributed by atoms with Crippen LogP contribution < -0.4 is 5.43 Å². The van der Waals surface area contributed by atoms with E-state index in [1.54, 1.807) is 0 Å². The molecule has 2 aliphatic rings. The molecular formula is C27H28O13. The molecular weight excluding hydrogens is 532 g/mol. The largest absolute Gasteiger partial charge is 0.508 e. The summed E-state index contributed by atoms with van der Waals surface area (Å²) in [5.74, 6) is -2.11. The molecule has 1 aromatic heterocycles. The number of carbonyl (C=O) groups excluding carboxylic acids is 1. The third-order valence-corrected chi connectivity index (χ3v) is 7.20. The molecule has 40 heavy (non-hydrogen) atoms. The predicted molar refractivity (Wildman–Crippen MR) is 134 cm³/mol. The first kappa shape index (κ1) is 28.0. The fourth-order valence-electron chi connectivity index (χ4n) is 4.94. The first-order chi connectivity index (χ1) is 18.9. The van der Waals surface area contributed by atoms with Crippen molar-refractivity contribution in [1.29, 1.82) is 0 Å². The lowest BCUT2D eigenvalue weighted by Gasteiger charge is -2.44. The van der Waals surface area contributed by atoms with E-state index < -0.39 is 83.4 Å². The minimum atomic E-state index is -1.90. The van der Waals surface area contributed by atoms with Crippen molar-refractivity contribution in [3.63, 3.8) is 0 Å². The molecule has 13 heteroatoms. The Morgan fingerprint density at radius 3 is 2.20 bits per heavy atom. The van der Waals surface area contributed by atoms with Crippen LogP contribution in [0.4, 0.5) is 0 Å². The first-order valence-corrected chi connectivity index (χ1v) is 12.4. The lowest BCUT2D eigenvalue weighted by Crippen LogP contribution is -2.60. The normalized spacial score (nSPS) is 32.9. The molecule has 0 aliphatic carbocycles. The maximum absolute atomic E-state index is 13.1. The molecule has 3 heterocycles. The predicted octanol–water partition coefficient (Wildman–Crippen LogP) is 0.179. The van der Waals surface area contributed by atoms with Crippen LogP contribution in [0.2, 0.25) is 0 Å².